The highest BCUT2D eigenvalue weighted by Crippen LogP contribution is 2.44. The molecule has 0 saturated heterocycles. The summed E-state index contributed by atoms with van der Waals surface area (Å²) in [5, 5.41) is 0.598. The van der Waals surface area contributed by atoms with Gasteiger partial charge in [0.15, 0.2) is 0 Å². The second-order valence-electron chi connectivity index (χ2n) is 10.2. The first-order valence-electron chi connectivity index (χ1n) is 12.6. The molecule has 5 rings (SSSR count). The molecule has 0 aliphatic carbocycles. The summed E-state index contributed by atoms with van der Waals surface area (Å²) < 4.78 is 7.20. The lowest BCUT2D eigenvalue weighted by Crippen LogP contribution is -2.14. The van der Waals surface area contributed by atoms with Crippen molar-refractivity contribution in [1.82, 2.24) is 0 Å². The lowest BCUT2D eigenvalue weighted by molar-refractivity contribution is 0.483. The van der Waals surface area contributed by atoms with E-state index in [1.54, 1.807) is 0 Å². The van der Waals surface area contributed by atoms with Crippen molar-refractivity contribution in [3.63, 3.8) is 0 Å². The molecular weight excluding hydrogens is 554 g/mol. The van der Waals surface area contributed by atoms with Gasteiger partial charge in [-0.15, -0.1) is 0 Å². The molecule has 0 amide bonds. The Labute approximate surface area is 238 Å². The predicted molar refractivity (Wildman–Crippen MR) is 164 cm³/mol. The van der Waals surface area contributed by atoms with Gasteiger partial charge in [-0.05, 0) is 71.1 Å². The number of hydrogen-bond donors (Lipinski definition) is 0. The van der Waals surface area contributed by atoms with Crippen molar-refractivity contribution in [3.05, 3.63) is 136 Å². The van der Waals surface area contributed by atoms with Crippen LogP contribution in [0.4, 0.5) is 17.1 Å². The summed E-state index contributed by atoms with van der Waals surface area (Å²) >= 11 is 10.4. The predicted octanol–water partition coefficient (Wildman–Crippen LogP) is 11.3. The van der Waals surface area contributed by atoms with Crippen molar-refractivity contribution in [2.75, 3.05) is 4.90 Å². The first kappa shape index (κ1) is 26.1. The van der Waals surface area contributed by atoms with Gasteiger partial charge in [-0.3, -0.25) is 0 Å². The van der Waals surface area contributed by atoms with Gasteiger partial charge in [-0.1, -0.05) is 109 Å². The SMILES string of the molecule is CC(C)(C)c1ccc(N(c2cccc(Br)c2)c2cc(Cl)cc(Oc3ccccc3)c2)c(-c2ccccc2)c1. The fourth-order valence-corrected chi connectivity index (χ4v) is 5.06. The van der Waals surface area contributed by atoms with Crippen molar-refractivity contribution in [2.45, 2.75) is 26.2 Å². The molecule has 5 aromatic rings. The van der Waals surface area contributed by atoms with Gasteiger partial charge in [0.25, 0.3) is 0 Å². The highest BCUT2D eigenvalue weighted by molar-refractivity contribution is 9.10. The molecule has 0 atom stereocenters. The zero-order chi connectivity index (χ0) is 26.7. The van der Waals surface area contributed by atoms with Crippen LogP contribution >= 0.6 is 27.5 Å². The summed E-state index contributed by atoms with van der Waals surface area (Å²) in [5.41, 5.74) is 6.54. The zero-order valence-corrected chi connectivity index (χ0v) is 24.0. The molecule has 0 saturated carbocycles. The summed E-state index contributed by atoms with van der Waals surface area (Å²) in [6.07, 6.45) is 0. The van der Waals surface area contributed by atoms with Crippen molar-refractivity contribution < 1.29 is 4.74 Å². The maximum atomic E-state index is 6.69. The van der Waals surface area contributed by atoms with Crippen LogP contribution in [-0.2, 0) is 5.41 Å². The fraction of sp³-hybridized carbons (Fsp3) is 0.118. The first-order valence-corrected chi connectivity index (χ1v) is 13.7. The molecule has 0 spiro atoms. The summed E-state index contributed by atoms with van der Waals surface area (Å²) in [6.45, 7) is 6.73. The Balaban J connectivity index is 1.73. The molecule has 0 unspecified atom stereocenters. The maximum absolute atomic E-state index is 6.69. The molecule has 0 aromatic heterocycles. The molecule has 0 radical (unpaired) electrons. The van der Waals surface area contributed by atoms with Crippen LogP contribution in [0.2, 0.25) is 5.02 Å². The molecule has 38 heavy (non-hydrogen) atoms. The Morgan fingerprint density at radius 2 is 1.37 bits per heavy atom. The molecule has 5 aromatic carbocycles. The Hall–Kier alpha value is -3.53. The van der Waals surface area contributed by atoms with E-state index in [2.05, 4.69) is 96.2 Å². The summed E-state index contributed by atoms with van der Waals surface area (Å²) in [5.74, 6) is 1.43. The van der Waals surface area contributed by atoms with Crippen molar-refractivity contribution in [2.24, 2.45) is 0 Å². The molecule has 0 aliphatic heterocycles. The quantitative estimate of drug-likeness (QED) is 0.197. The number of ether oxygens (including phenoxy) is 1. The van der Waals surface area contributed by atoms with Crippen molar-refractivity contribution in [3.8, 4) is 22.6 Å². The molecular formula is C34H29BrClNO. The van der Waals surface area contributed by atoms with Gasteiger partial charge < -0.3 is 9.64 Å². The van der Waals surface area contributed by atoms with E-state index < -0.39 is 0 Å². The van der Waals surface area contributed by atoms with E-state index in [9.17, 15) is 0 Å². The van der Waals surface area contributed by atoms with E-state index in [4.69, 9.17) is 16.3 Å². The highest BCUT2D eigenvalue weighted by Gasteiger charge is 2.22. The number of rotatable bonds is 6. The fourth-order valence-electron chi connectivity index (χ4n) is 4.45. The normalized spacial score (nSPS) is 11.3. The van der Waals surface area contributed by atoms with Crippen LogP contribution in [-0.4, -0.2) is 0 Å². The number of benzene rings is 5. The Morgan fingerprint density at radius 1 is 0.658 bits per heavy atom. The van der Waals surface area contributed by atoms with Gasteiger partial charge in [0.1, 0.15) is 11.5 Å². The van der Waals surface area contributed by atoms with Gasteiger partial charge in [-0.2, -0.15) is 0 Å². The molecule has 0 N–H and O–H groups in total. The van der Waals surface area contributed by atoms with Crippen LogP contribution < -0.4 is 9.64 Å². The third-order valence-corrected chi connectivity index (χ3v) is 7.06. The molecule has 4 heteroatoms. The van der Waals surface area contributed by atoms with E-state index in [0.29, 0.717) is 10.8 Å². The molecule has 0 heterocycles. The van der Waals surface area contributed by atoms with Gasteiger partial charge in [0.05, 0.1) is 11.4 Å². The topological polar surface area (TPSA) is 12.5 Å². The first-order chi connectivity index (χ1) is 18.3. The van der Waals surface area contributed by atoms with Crippen LogP contribution in [0.1, 0.15) is 26.3 Å². The van der Waals surface area contributed by atoms with Crippen LogP contribution in [0.3, 0.4) is 0 Å². The zero-order valence-electron chi connectivity index (χ0n) is 21.7. The van der Waals surface area contributed by atoms with Crippen LogP contribution in [0.5, 0.6) is 11.5 Å². The minimum Gasteiger partial charge on any atom is -0.457 e. The lowest BCUT2D eigenvalue weighted by atomic mass is 9.84. The van der Waals surface area contributed by atoms with Crippen molar-refractivity contribution in [1.29, 1.82) is 0 Å². The second-order valence-corrected chi connectivity index (χ2v) is 11.6. The summed E-state index contributed by atoms with van der Waals surface area (Å²) in [6, 6.07) is 41.2. The number of hydrogen-bond acceptors (Lipinski definition) is 2. The minimum atomic E-state index is 0.00934. The van der Waals surface area contributed by atoms with Crippen LogP contribution in [0.25, 0.3) is 11.1 Å². The van der Waals surface area contributed by atoms with E-state index in [-0.39, 0.29) is 5.41 Å². The van der Waals surface area contributed by atoms with Crippen LogP contribution in [0, 0.1) is 0 Å². The number of anilines is 3. The van der Waals surface area contributed by atoms with E-state index >= 15 is 0 Å². The Morgan fingerprint density at radius 3 is 2.05 bits per heavy atom. The molecule has 0 bridgehead atoms. The Kier molecular flexibility index (Phi) is 7.60. The number of nitrogens with zero attached hydrogens (tertiary/aromatic N) is 1. The number of halogens is 2. The van der Waals surface area contributed by atoms with Gasteiger partial charge >= 0.3 is 0 Å². The molecule has 190 valence electrons. The average molecular weight is 583 g/mol. The third-order valence-electron chi connectivity index (χ3n) is 6.35. The average Bonchev–Trinajstić information content (AvgIpc) is 2.89. The number of para-hydroxylation sites is 1. The molecule has 0 fully saturated rings. The molecule has 2 nitrogen and oxygen atoms in total. The minimum absolute atomic E-state index is 0.00934. The van der Waals surface area contributed by atoms with E-state index in [1.165, 1.54) is 5.56 Å². The van der Waals surface area contributed by atoms with Gasteiger partial charge in [-0.25, -0.2) is 0 Å². The molecule has 0 aliphatic rings. The van der Waals surface area contributed by atoms with Crippen LogP contribution in [0.15, 0.2) is 126 Å². The van der Waals surface area contributed by atoms with Gasteiger partial charge in [0, 0.05) is 26.8 Å². The van der Waals surface area contributed by atoms with E-state index in [0.717, 1.165) is 38.4 Å². The summed E-state index contributed by atoms with van der Waals surface area (Å²) in [7, 11) is 0. The Bertz CT molecular complexity index is 1540. The highest BCUT2D eigenvalue weighted by atomic mass is 79.9. The van der Waals surface area contributed by atoms with Gasteiger partial charge in [0.2, 0.25) is 0 Å². The maximum Gasteiger partial charge on any atom is 0.131 e. The third kappa shape index (κ3) is 5.96. The lowest BCUT2D eigenvalue weighted by Gasteiger charge is -2.30. The summed E-state index contributed by atoms with van der Waals surface area (Å²) in [4.78, 5) is 2.24. The smallest absolute Gasteiger partial charge is 0.131 e. The van der Waals surface area contributed by atoms with Crippen molar-refractivity contribution >= 4 is 44.6 Å². The van der Waals surface area contributed by atoms with E-state index in [1.807, 2.05) is 66.7 Å². The standard InChI is InChI=1S/C34H29BrClNO/c1-34(2,3)25-17-18-33(32(19-25)24-11-6-4-7-12-24)37(28-14-10-13-26(35)20-28)29-21-27(36)22-31(23-29)38-30-15-8-5-9-16-30/h4-23H,1-3H3. The largest absolute Gasteiger partial charge is 0.457 e. The monoisotopic (exact) mass is 581 g/mol. The second kappa shape index (κ2) is 11.1.